The fourth-order valence-corrected chi connectivity index (χ4v) is 1.71. The van der Waals surface area contributed by atoms with Gasteiger partial charge in [0.05, 0.1) is 0 Å². The summed E-state index contributed by atoms with van der Waals surface area (Å²) < 4.78 is 13.3. The molecule has 64 valence electrons. The van der Waals surface area contributed by atoms with E-state index in [1.807, 2.05) is 0 Å². The van der Waals surface area contributed by atoms with E-state index in [1.165, 1.54) is 19.3 Å². The molecule has 0 saturated heterocycles. The first-order chi connectivity index (χ1) is 5.21. The summed E-state index contributed by atoms with van der Waals surface area (Å²) in [5.41, 5.74) is 5.35. The summed E-state index contributed by atoms with van der Waals surface area (Å²) in [5.74, 6) is 0.658. The molecule has 2 rings (SSSR count). The Hall–Kier alpha value is -0.110. The lowest BCUT2D eigenvalue weighted by atomic mass is 9.80. The maximum absolute atomic E-state index is 13.3. The number of rotatable bonds is 3. The highest BCUT2D eigenvalue weighted by Gasteiger charge is 2.47. The molecule has 0 aromatic heterocycles. The molecular weight excluding hydrogens is 141 g/mol. The van der Waals surface area contributed by atoms with E-state index in [1.54, 1.807) is 0 Å². The third kappa shape index (κ3) is 1.41. The second kappa shape index (κ2) is 2.44. The van der Waals surface area contributed by atoms with Crippen LogP contribution in [0.25, 0.3) is 0 Å². The van der Waals surface area contributed by atoms with Crippen LogP contribution in [0.5, 0.6) is 0 Å². The van der Waals surface area contributed by atoms with Gasteiger partial charge in [0, 0.05) is 5.54 Å². The van der Waals surface area contributed by atoms with Crippen LogP contribution in [0, 0.1) is 5.92 Å². The zero-order valence-electron chi connectivity index (χ0n) is 6.85. The van der Waals surface area contributed by atoms with Crippen LogP contribution in [0.1, 0.15) is 38.5 Å². The van der Waals surface area contributed by atoms with Crippen molar-refractivity contribution >= 4 is 0 Å². The zero-order chi connectivity index (χ0) is 7.90. The van der Waals surface area contributed by atoms with Crippen molar-refractivity contribution in [1.29, 1.82) is 0 Å². The Morgan fingerprint density at radius 3 is 2.45 bits per heavy atom. The molecule has 2 aliphatic carbocycles. The van der Waals surface area contributed by atoms with Crippen molar-refractivity contribution in [2.24, 2.45) is 11.7 Å². The van der Waals surface area contributed by atoms with E-state index in [2.05, 4.69) is 0 Å². The lowest BCUT2D eigenvalue weighted by molar-refractivity contribution is 0.173. The summed E-state index contributed by atoms with van der Waals surface area (Å²) in [7, 11) is 0. The van der Waals surface area contributed by atoms with Gasteiger partial charge in [0.15, 0.2) is 0 Å². The third-order valence-corrected chi connectivity index (χ3v) is 3.22. The predicted molar refractivity (Wildman–Crippen MR) is 43.0 cm³/mol. The van der Waals surface area contributed by atoms with Gasteiger partial charge in [-0.3, -0.25) is 0 Å². The van der Waals surface area contributed by atoms with E-state index < -0.39 is 11.7 Å². The van der Waals surface area contributed by atoms with Gasteiger partial charge in [-0.15, -0.1) is 0 Å². The highest BCUT2D eigenvalue weighted by Crippen LogP contribution is 2.42. The number of hydrogen-bond acceptors (Lipinski definition) is 1. The van der Waals surface area contributed by atoms with Crippen molar-refractivity contribution in [3.63, 3.8) is 0 Å². The molecule has 1 atom stereocenters. The largest absolute Gasteiger partial charge is 0.323 e. The molecule has 11 heavy (non-hydrogen) atoms. The molecule has 1 nitrogen and oxygen atoms in total. The van der Waals surface area contributed by atoms with Gasteiger partial charge in [-0.1, -0.05) is 19.3 Å². The maximum Gasteiger partial charge on any atom is 0.118 e. The van der Waals surface area contributed by atoms with Crippen LogP contribution >= 0.6 is 0 Å². The normalized spacial score (nSPS) is 31.1. The highest BCUT2D eigenvalue weighted by atomic mass is 19.1. The number of nitrogens with two attached hydrogens (primary N) is 1. The van der Waals surface area contributed by atoms with Gasteiger partial charge in [-0.2, -0.15) is 0 Å². The smallest absolute Gasteiger partial charge is 0.118 e. The fraction of sp³-hybridized carbons (Fsp3) is 1.00. The maximum atomic E-state index is 13.3. The average molecular weight is 157 g/mol. The minimum atomic E-state index is -0.715. The van der Waals surface area contributed by atoms with Crippen molar-refractivity contribution in [2.75, 3.05) is 0 Å². The SMILES string of the molecule is NC1(C(F)CC2CCC2)CC1. The van der Waals surface area contributed by atoms with Gasteiger partial charge in [0.25, 0.3) is 0 Å². The van der Waals surface area contributed by atoms with Crippen LogP contribution in [-0.2, 0) is 0 Å². The summed E-state index contributed by atoms with van der Waals surface area (Å²) in [6.07, 6.45) is 5.59. The Morgan fingerprint density at radius 2 is 2.09 bits per heavy atom. The van der Waals surface area contributed by atoms with E-state index in [9.17, 15) is 4.39 Å². The second-order valence-electron chi connectivity index (χ2n) is 4.23. The van der Waals surface area contributed by atoms with E-state index >= 15 is 0 Å². The standard InChI is InChI=1S/C9H16FN/c10-8(9(11)4-5-9)6-7-2-1-3-7/h7-8H,1-6,11H2. The van der Waals surface area contributed by atoms with Crippen molar-refractivity contribution in [3.8, 4) is 0 Å². The van der Waals surface area contributed by atoms with Crippen molar-refractivity contribution in [1.82, 2.24) is 0 Å². The molecule has 2 heteroatoms. The quantitative estimate of drug-likeness (QED) is 0.666. The van der Waals surface area contributed by atoms with Crippen LogP contribution in [-0.4, -0.2) is 11.7 Å². The van der Waals surface area contributed by atoms with Crippen molar-refractivity contribution < 1.29 is 4.39 Å². The molecule has 0 aromatic carbocycles. The Morgan fingerprint density at radius 1 is 1.45 bits per heavy atom. The summed E-state index contributed by atoms with van der Waals surface area (Å²) >= 11 is 0. The van der Waals surface area contributed by atoms with Gasteiger partial charge in [-0.05, 0) is 25.2 Å². The zero-order valence-corrected chi connectivity index (χ0v) is 6.85. The molecule has 0 aliphatic heterocycles. The van der Waals surface area contributed by atoms with E-state index in [4.69, 9.17) is 5.73 Å². The monoisotopic (exact) mass is 157 g/mol. The van der Waals surface area contributed by atoms with Gasteiger partial charge in [0.1, 0.15) is 6.17 Å². The lowest BCUT2D eigenvalue weighted by Gasteiger charge is -2.28. The van der Waals surface area contributed by atoms with Crippen molar-refractivity contribution in [2.45, 2.75) is 50.2 Å². The van der Waals surface area contributed by atoms with Gasteiger partial charge < -0.3 is 5.73 Å². The Balaban J connectivity index is 1.76. The first-order valence-corrected chi connectivity index (χ1v) is 4.64. The molecule has 0 amide bonds. The lowest BCUT2D eigenvalue weighted by Crippen LogP contribution is -2.36. The first kappa shape index (κ1) is 7.53. The van der Waals surface area contributed by atoms with Gasteiger partial charge in [-0.25, -0.2) is 4.39 Å². The molecule has 0 heterocycles. The topological polar surface area (TPSA) is 26.0 Å². The Labute approximate surface area is 67.2 Å². The average Bonchev–Trinajstić information content (AvgIpc) is 2.59. The molecule has 0 aromatic rings. The molecule has 0 bridgehead atoms. The fourth-order valence-electron chi connectivity index (χ4n) is 1.71. The Bertz CT molecular complexity index is 150. The number of halogens is 1. The van der Waals surface area contributed by atoms with Crippen LogP contribution in [0.4, 0.5) is 4.39 Å². The molecule has 2 aliphatic rings. The first-order valence-electron chi connectivity index (χ1n) is 4.64. The van der Waals surface area contributed by atoms with Crippen LogP contribution < -0.4 is 5.73 Å². The number of alkyl halides is 1. The van der Waals surface area contributed by atoms with Crippen LogP contribution in [0.2, 0.25) is 0 Å². The highest BCUT2D eigenvalue weighted by molar-refractivity contribution is 5.05. The van der Waals surface area contributed by atoms with E-state index in [0.29, 0.717) is 5.92 Å². The minimum absolute atomic E-state index is 0.393. The molecule has 1 unspecified atom stereocenters. The third-order valence-electron chi connectivity index (χ3n) is 3.22. The van der Waals surface area contributed by atoms with E-state index in [-0.39, 0.29) is 0 Å². The molecule has 2 saturated carbocycles. The summed E-state index contributed by atoms with van der Waals surface area (Å²) in [4.78, 5) is 0. The summed E-state index contributed by atoms with van der Waals surface area (Å²) in [6, 6.07) is 0. The molecule has 2 N–H and O–H groups in total. The summed E-state index contributed by atoms with van der Waals surface area (Å²) in [5, 5.41) is 0. The second-order valence-corrected chi connectivity index (χ2v) is 4.23. The van der Waals surface area contributed by atoms with Gasteiger partial charge >= 0.3 is 0 Å². The molecule has 2 fully saturated rings. The summed E-state index contributed by atoms with van der Waals surface area (Å²) in [6.45, 7) is 0. The number of hydrogen-bond donors (Lipinski definition) is 1. The van der Waals surface area contributed by atoms with Crippen LogP contribution in [0.15, 0.2) is 0 Å². The van der Waals surface area contributed by atoms with Crippen molar-refractivity contribution in [3.05, 3.63) is 0 Å². The Kier molecular flexibility index (Phi) is 1.67. The molecule has 0 radical (unpaired) electrons. The predicted octanol–water partition coefficient (Wildman–Crippen LogP) is 2.01. The van der Waals surface area contributed by atoms with Gasteiger partial charge in [0.2, 0.25) is 0 Å². The molecular formula is C9H16FN. The minimum Gasteiger partial charge on any atom is -0.323 e. The van der Waals surface area contributed by atoms with Crippen LogP contribution in [0.3, 0.4) is 0 Å². The van der Waals surface area contributed by atoms with E-state index in [0.717, 1.165) is 19.3 Å². The molecule has 0 spiro atoms.